The fraction of sp³-hybridized carbons (Fsp3) is 0.500. The Kier molecular flexibility index (Phi) is 5.60. The number of carbonyl (C=O) groups is 2. The number of amides is 1. The molecule has 0 fully saturated rings. The third-order valence-corrected chi connectivity index (χ3v) is 3.17. The molecule has 1 aromatic rings. The van der Waals surface area contributed by atoms with E-state index in [9.17, 15) is 9.59 Å². The van der Waals surface area contributed by atoms with Gasteiger partial charge >= 0.3 is 5.97 Å². The maximum Gasteiger partial charge on any atom is 0.329 e. The zero-order valence-corrected chi connectivity index (χ0v) is 13.1. The van der Waals surface area contributed by atoms with Crippen LogP contribution in [0.25, 0.3) is 0 Å². The summed E-state index contributed by atoms with van der Waals surface area (Å²) in [5, 5.41) is 2.44. The molecule has 0 radical (unpaired) electrons. The molecular weight excluding hydrogens is 270 g/mol. The molecule has 1 rings (SSSR count). The molecule has 1 amide bonds. The number of esters is 1. The zero-order chi connectivity index (χ0) is 16.9. The van der Waals surface area contributed by atoms with Gasteiger partial charge in [-0.15, -0.1) is 0 Å². The van der Waals surface area contributed by atoms with Crippen LogP contribution in [0.2, 0.25) is 0 Å². The number of nitrogens with one attached hydrogen (secondary N) is 1. The summed E-state index contributed by atoms with van der Waals surface area (Å²) in [6.07, 6.45) is 0. The molecule has 0 aliphatic heterocycles. The normalized spacial score (nSPS) is 15.6. The molecule has 1 aromatic carbocycles. The molecule has 0 saturated carbocycles. The molecule has 21 heavy (non-hydrogen) atoms. The molecule has 2 atom stereocenters. The van der Waals surface area contributed by atoms with Gasteiger partial charge in [0.1, 0.15) is 11.8 Å². The highest BCUT2D eigenvalue weighted by Crippen LogP contribution is 2.30. The fourth-order valence-electron chi connectivity index (χ4n) is 2.25. The van der Waals surface area contributed by atoms with Crippen LogP contribution >= 0.6 is 0 Å². The topological polar surface area (TPSA) is 64.6 Å². The Balaban J connectivity index is 3.34. The van der Waals surface area contributed by atoms with Crippen LogP contribution in [-0.4, -0.2) is 32.1 Å². The Labute approximate surface area is 127 Å². The van der Waals surface area contributed by atoms with Gasteiger partial charge in [-0.2, -0.15) is 0 Å². The molecule has 0 heterocycles. The first-order chi connectivity index (χ1) is 10.3. The SMILES string of the molecule is [2H]C(NC(C)=O)(C(=O)OC)C(c1ccc(OC)cc1)C(C)C. The highest BCUT2D eigenvalue weighted by molar-refractivity contribution is 5.84. The Morgan fingerprint density at radius 1 is 1.19 bits per heavy atom. The Hall–Kier alpha value is -2.04. The standard InChI is InChI=1S/C16H23NO4/c1-10(2)14(12-6-8-13(20-4)9-7-12)15(16(19)21-5)17-11(3)18/h6-10,14-15H,1-5H3,(H,17,18)/i15D. The van der Waals surface area contributed by atoms with E-state index in [0.29, 0.717) is 5.75 Å². The Morgan fingerprint density at radius 2 is 1.76 bits per heavy atom. The van der Waals surface area contributed by atoms with Crippen LogP contribution in [0.4, 0.5) is 0 Å². The second-order valence-electron chi connectivity index (χ2n) is 5.08. The lowest BCUT2D eigenvalue weighted by Gasteiger charge is -2.29. The van der Waals surface area contributed by atoms with Crippen molar-refractivity contribution in [3.8, 4) is 5.75 Å². The lowest BCUT2D eigenvalue weighted by molar-refractivity contribution is -0.146. The minimum Gasteiger partial charge on any atom is -0.497 e. The van der Waals surface area contributed by atoms with E-state index in [4.69, 9.17) is 10.8 Å². The van der Waals surface area contributed by atoms with Gasteiger partial charge in [0, 0.05) is 12.8 Å². The average molecular weight is 294 g/mol. The minimum absolute atomic E-state index is 0.0724. The van der Waals surface area contributed by atoms with Gasteiger partial charge in [0.05, 0.1) is 15.6 Å². The van der Waals surface area contributed by atoms with Crippen LogP contribution in [0, 0.1) is 5.92 Å². The van der Waals surface area contributed by atoms with Crippen LogP contribution < -0.4 is 10.1 Å². The molecular formula is C16H23NO4. The summed E-state index contributed by atoms with van der Waals surface area (Å²) in [6, 6.07) is 5.21. The summed E-state index contributed by atoms with van der Waals surface area (Å²) in [7, 11) is 2.77. The second-order valence-corrected chi connectivity index (χ2v) is 5.08. The third kappa shape index (κ3) is 4.48. The van der Waals surface area contributed by atoms with E-state index in [0.717, 1.165) is 5.56 Å². The number of ether oxygens (including phenoxy) is 2. The van der Waals surface area contributed by atoms with Gasteiger partial charge in [0.2, 0.25) is 5.91 Å². The first-order valence-corrected chi connectivity index (χ1v) is 6.77. The molecule has 5 nitrogen and oxygen atoms in total. The van der Waals surface area contributed by atoms with Gasteiger partial charge in [-0.25, -0.2) is 4.79 Å². The quantitative estimate of drug-likeness (QED) is 0.816. The first kappa shape index (κ1) is 15.4. The molecule has 0 bridgehead atoms. The summed E-state index contributed by atoms with van der Waals surface area (Å²) in [6.45, 7) is 5.06. The Bertz CT molecular complexity index is 529. The number of benzene rings is 1. The van der Waals surface area contributed by atoms with Gasteiger partial charge in [-0.05, 0) is 23.6 Å². The Morgan fingerprint density at radius 3 is 2.14 bits per heavy atom. The van der Waals surface area contributed by atoms with E-state index >= 15 is 0 Å². The molecule has 0 spiro atoms. The number of hydrogen-bond acceptors (Lipinski definition) is 4. The van der Waals surface area contributed by atoms with Crippen molar-refractivity contribution in [2.24, 2.45) is 5.92 Å². The largest absolute Gasteiger partial charge is 0.497 e. The minimum atomic E-state index is -1.89. The molecule has 0 aromatic heterocycles. The van der Waals surface area contributed by atoms with Crippen molar-refractivity contribution in [3.05, 3.63) is 29.8 Å². The van der Waals surface area contributed by atoms with Gasteiger partial charge in [-0.3, -0.25) is 4.79 Å². The predicted molar refractivity (Wildman–Crippen MR) is 80.2 cm³/mol. The number of carbonyl (C=O) groups excluding carboxylic acids is 2. The summed E-state index contributed by atoms with van der Waals surface area (Å²) in [4.78, 5) is 23.6. The van der Waals surface area contributed by atoms with E-state index in [1.165, 1.54) is 14.0 Å². The third-order valence-electron chi connectivity index (χ3n) is 3.17. The van der Waals surface area contributed by atoms with E-state index < -0.39 is 23.8 Å². The van der Waals surface area contributed by atoms with Crippen molar-refractivity contribution < 1.29 is 20.4 Å². The number of methoxy groups -OCH3 is 2. The van der Waals surface area contributed by atoms with E-state index in [2.05, 4.69) is 5.32 Å². The van der Waals surface area contributed by atoms with Crippen LogP contribution in [0.1, 0.15) is 33.6 Å². The molecule has 2 unspecified atom stereocenters. The van der Waals surface area contributed by atoms with Crippen LogP contribution in [-0.2, 0) is 14.3 Å². The molecule has 0 saturated heterocycles. The second kappa shape index (κ2) is 7.67. The molecule has 1 N–H and O–H groups in total. The predicted octanol–water partition coefficient (Wildman–Crippen LogP) is 2.11. The highest BCUT2D eigenvalue weighted by atomic mass is 16.5. The summed E-state index contributed by atoms with van der Waals surface area (Å²) < 4.78 is 18.4. The molecule has 0 aliphatic carbocycles. The van der Waals surface area contributed by atoms with E-state index in [1.807, 2.05) is 13.8 Å². The molecule has 116 valence electrons. The highest BCUT2D eigenvalue weighted by Gasteiger charge is 2.33. The number of rotatable bonds is 6. The monoisotopic (exact) mass is 294 g/mol. The van der Waals surface area contributed by atoms with Crippen molar-refractivity contribution in [3.63, 3.8) is 0 Å². The molecule has 0 aliphatic rings. The zero-order valence-electron chi connectivity index (χ0n) is 14.1. The van der Waals surface area contributed by atoms with Crippen LogP contribution in [0.5, 0.6) is 5.75 Å². The van der Waals surface area contributed by atoms with Crippen molar-refractivity contribution >= 4 is 11.9 Å². The van der Waals surface area contributed by atoms with Crippen LogP contribution in [0.3, 0.4) is 0 Å². The summed E-state index contributed by atoms with van der Waals surface area (Å²) in [5.41, 5.74) is 0.755. The fourth-order valence-corrected chi connectivity index (χ4v) is 2.25. The number of hydrogen-bond donors (Lipinski definition) is 1. The van der Waals surface area contributed by atoms with Gasteiger partial charge in [0.25, 0.3) is 0 Å². The van der Waals surface area contributed by atoms with Gasteiger partial charge in [0.15, 0.2) is 0 Å². The smallest absolute Gasteiger partial charge is 0.329 e. The average Bonchev–Trinajstić information content (AvgIpc) is 2.46. The maximum atomic E-state index is 12.2. The summed E-state index contributed by atoms with van der Waals surface area (Å²) in [5.74, 6) is -1.21. The maximum absolute atomic E-state index is 12.2. The van der Waals surface area contributed by atoms with Crippen molar-refractivity contribution in [1.82, 2.24) is 5.32 Å². The van der Waals surface area contributed by atoms with Crippen molar-refractivity contribution in [2.45, 2.75) is 32.7 Å². The lowest BCUT2D eigenvalue weighted by atomic mass is 9.82. The van der Waals surface area contributed by atoms with E-state index in [-0.39, 0.29) is 5.92 Å². The van der Waals surface area contributed by atoms with Gasteiger partial charge < -0.3 is 14.8 Å². The molecule has 5 heteroatoms. The summed E-state index contributed by atoms with van der Waals surface area (Å²) >= 11 is 0. The lowest BCUT2D eigenvalue weighted by Crippen LogP contribution is -2.46. The van der Waals surface area contributed by atoms with Crippen LogP contribution in [0.15, 0.2) is 24.3 Å². The van der Waals surface area contributed by atoms with Crippen molar-refractivity contribution in [1.29, 1.82) is 0 Å². The first-order valence-electron chi connectivity index (χ1n) is 7.27. The van der Waals surface area contributed by atoms with Crippen molar-refractivity contribution in [2.75, 3.05) is 14.2 Å². The van der Waals surface area contributed by atoms with E-state index in [1.54, 1.807) is 31.4 Å². The van der Waals surface area contributed by atoms with Gasteiger partial charge in [-0.1, -0.05) is 26.0 Å².